The Kier molecular flexibility index (Phi) is 3.06. The predicted octanol–water partition coefficient (Wildman–Crippen LogP) is 0.743. The average molecular weight is 243 g/mol. The molecule has 0 unspecified atom stereocenters. The van der Waals surface area contributed by atoms with E-state index in [4.69, 9.17) is 10.00 Å². The van der Waals surface area contributed by atoms with Gasteiger partial charge in [-0.2, -0.15) is 5.26 Å². The number of nitrogens with zero attached hydrogens (tertiary/aromatic N) is 3. The Bertz CT molecular complexity index is 713. The van der Waals surface area contributed by atoms with Crippen LogP contribution in [0.5, 0.6) is 0 Å². The highest BCUT2D eigenvalue weighted by molar-refractivity contribution is 5.95. The molecule has 0 spiro atoms. The van der Waals surface area contributed by atoms with E-state index < -0.39 is 11.5 Å². The highest BCUT2D eigenvalue weighted by Crippen LogP contribution is 2.08. The van der Waals surface area contributed by atoms with E-state index in [1.54, 1.807) is 13.0 Å². The Hall–Kier alpha value is -2.68. The molecule has 0 aliphatic heterocycles. The maximum absolute atomic E-state index is 11.8. The molecule has 6 nitrogen and oxygen atoms in total. The van der Waals surface area contributed by atoms with E-state index in [0.717, 1.165) is 10.6 Å². The van der Waals surface area contributed by atoms with Crippen molar-refractivity contribution in [3.05, 3.63) is 46.0 Å². The normalized spacial score (nSPS) is 10.0. The Morgan fingerprint density at radius 3 is 3.06 bits per heavy atom. The van der Waals surface area contributed by atoms with E-state index >= 15 is 0 Å². The van der Waals surface area contributed by atoms with Crippen molar-refractivity contribution in [3.8, 4) is 6.07 Å². The van der Waals surface area contributed by atoms with Crippen LogP contribution in [0.3, 0.4) is 0 Å². The van der Waals surface area contributed by atoms with Crippen molar-refractivity contribution in [2.45, 2.75) is 6.92 Å². The van der Waals surface area contributed by atoms with Crippen LogP contribution >= 0.6 is 0 Å². The van der Waals surface area contributed by atoms with Gasteiger partial charge in [0.25, 0.3) is 5.56 Å². The number of aromatic nitrogens is 2. The molecule has 0 saturated carbocycles. The summed E-state index contributed by atoms with van der Waals surface area (Å²) in [5.41, 5.74) is -0.206. The molecule has 0 aromatic carbocycles. The quantitative estimate of drug-likeness (QED) is 0.726. The molecule has 0 saturated heterocycles. The Labute approximate surface area is 102 Å². The number of ether oxygens (including phenoxy) is 1. The summed E-state index contributed by atoms with van der Waals surface area (Å²) < 4.78 is 6.03. The standard InChI is InChI=1S/C12H9N3O3/c1-2-18-12(17)9-4-3-5-15-10(9)14-7-8(6-13)11(15)16/h3-5,7H,2H2,1H3. The molecule has 6 heteroatoms. The second-order valence-corrected chi connectivity index (χ2v) is 3.42. The highest BCUT2D eigenvalue weighted by atomic mass is 16.5. The van der Waals surface area contributed by atoms with Crippen molar-refractivity contribution >= 4 is 11.6 Å². The van der Waals surface area contributed by atoms with E-state index in [0.29, 0.717) is 0 Å². The van der Waals surface area contributed by atoms with Crippen molar-refractivity contribution in [1.29, 1.82) is 5.26 Å². The molecule has 0 atom stereocenters. The summed E-state index contributed by atoms with van der Waals surface area (Å²) >= 11 is 0. The van der Waals surface area contributed by atoms with Gasteiger partial charge in [-0.1, -0.05) is 0 Å². The molecule has 0 amide bonds. The summed E-state index contributed by atoms with van der Waals surface area (Å²) in [4.78, 5) is 27.5. The maximum atomic E-state index is 11.8. The molecule has 0 aliphatic rings. The molecule has 0 aliphatic carbocycles. The number of esters is 1. The van der Waals surface area contributed by atoms with Crippen LogP contribution in [-0.2, 0) is 4.74 Å². The zero-order valence-corrected chi connectivity index (χ0v) is 9.58. The average Bonchev–Trinajstić information content (AvgIpc) is 2.39. The van der Waals surface area contributed by atoms with Crippen molar-refractivity contribution < 1.29 is 9.53 Å². The van der Waals surface area contributed by atoms with Crippen molar-refractivity contribution in [3.63, 3.8) is 0 Å². The molecule has 90 valence electrons. The smallest absolute Gasteiger partial charge is 0.341 e. The molecule has 2 aromatic heterocycles. The zero-order chi connectivity index (χ0) is 13.1. The first-order valence-corrected chi connectivity index (χ1v) is 5.26. The van der Waals surface area contributed by atoms with Crippen molar-refractivity contribution in [2.75, 3.05) is 6.61 Å². The molecule has 2 rings (SSSR count). The topological polar surface area (TPSA) is 84.5 Å². The van der Waals surface area contributed by atoms with Gasteiger partial charge in [0.1, 0.15) is 17.2 Å². The van der Waals surface area contributed by atoms with E-state index in [-0.39, 0.29) is 23.4 Å². The van der Waals surface area contributed by atoms with E-state index in [9.17, 15) is 9.59 Å². The molecule has 2 aromatic rings. The van der Waals surface area contributed by atoms with Gasteiger partial charge in [-0.25, -0.2) is 9.78 Å². The fourth-order valence-electron chi connectivity index (χ4n) is 1.55. The number of carbonyl (C=O) groups excluding carboxylic acids is 1. The third kappa shape index (κ3) is 1.82. The molecule has 2 heterocycles. The maximum Gasteiger partial charge on any atom is 0.341 e. The number of hydrogen-bond donors (Lipinski definition) is 0. The minimum atomic E-state index is -0.549. The van der Waals surface area contributed by atoms with Crippen molar-refractivity contribution in [2.24, 2.45) is 0 Å². The second kappa shape index (κ2) is 4.67. The van der Waals surface area contributed by atoms with E-state index in [2.05, 4.69) is 4.98 Å². The number of hydrogen-bond acceptors (Lipinski definition) is 5. The first-order valence-electron chi connectivity index (χ1n) is 5.26. The molecule has 0 bridgehead atoms. The molecule has 18 heavy (non-hydrogen) atoms. The summed E-state index contributed by atoms with van der Waals surface area (Å²) in [5.74, 6) is -0.549. The Morgan fingerprint density at radius 1 is 1.61 bits per heavy atom. The van der Waals surface area contributed by atoms with Gasteiger partial charge >= 0.3 is 5.97 Å². The highest BCUT2D eigenvalue weighted by Gasteiger charge is 2.14. The largest absolute Gasteiger partial charge is 0.462 e. The van der Waals surface area contributed by atoms with Crippen LogP contribution in [0.2, 0.25) is 0 Å². The minimum Gasteiger partial charge on any atom is -0.462 e. The molecular formula is C12H9N3O3. The molecule has 0 N–H and O–H groups in total. The summed E-state index contributed by atoms with van der Waals surface area (Å²) in [7, 11) is 0. The summed E-state index contributed by atoms with van der Waals surface area (Å²) in [6.07, 6.45) is 2.61. The fourth-order valence-corrected chi connectivity index (χ4v) is 1.55. The molecule has 0 radical (unpaired) electrons. The Morgan fingerprint density at radius 2 is 2.39 bits per heavy atom. The van der Waals surface area contributed by atoms with Crippen LogP contribution in [0.1, 0.15) is 22.8 Å². The van der Waals surface area contributed by atoms with Gasteiger partial charge < -0.3 is 4.74 Å². The zero-order valence-electron chi connectivity index (χ0n) is 9.58. The van der Waals surface area contributed by atoms with Gasteiger partial charge in [0.15, 0.2) is 5.65 Å². The first kappa shape index (κ1) is 11.8. The Balaban J connectivity index is 2.73. The van der Waals surface area contributed by atoms with Gasteiger partial charge in [0, 0.05) is 6.20 Å². The predicted molar refractivity (Wildman–Crippen MR) is 62.1 cm³/mol. The lowest BCUT2D eigenvalue weighted by Gasteiger charge is -2.05. The third-order valence-corrected chi connectivity index (χ3v) is 2.35. The van der Waals surface area contributed by atoms with Gasteiger partial charge in [0.2, 0.25) is 0 Å². The summed E-state index contributed by atoms with van der Waals surface area (Å²) in [6, 6.07) is 4.80. The lowest BCUT2D eigenvalue weighted by molar-refractivity contribution is 0.0528. The molecular weight excluding hydrogens is 234 g/mol. The van der Waals surface area contributed by atoms with E-state index in [1.165, 1.54) is 18.3 Å². The van der Waals surface area contributed by atoms with Crippen LogP contribution < -0.4 is 5.56 Å². The number of pyridine rings is 1. The van der Waals surface area contributed by atoms with Crippen LogP contribution in [-0.4, -0.2) is 22.0 Å². The van der Waals surface area contributed by atoms with Gasteiger partial charge in [0.05, 0.1) is 12.8 Å². The van der Waals surface area contributed by atoms with Crippen molar-refractivity contribution in [1.82, 2.24) is 9.38 Å². The third-order valence-electron chi connectivity index (χ3n) is 2.35. The minimum absolute atomic E-state index is 0.0755. The van der Waals surface area contributed by atoms with Gasteiger partial charge in [-0.3, -0.25) is 9.20 Å². The van der Waals surface area contributed by atoms with Crippen LogP contribution in [0, 0.1) is 11.3 Å². The number of carbonyl (C=O) groups is 1. The lowest BCUT2D eigenvalue weighted by Crippen LogP contribution is -2.20. The van der Waals surface area contributed by atoms with Gasteiger partial charge in [-0.15, -0.1) is 0 Å². The first-order chi connectivity index (χ1) is 8.69. The SMILES string of the molecule is CCOC(=O)c1cccn2c(=O)c(C#N)cnc12. The lowest BCUT2D eigenvalue weighted by atomic mass is 10.2. The number of nitriles is 1. The second-order valence-electron chi connectivity index (χ2n) is 3.42. The fraction of sp³-hybridized carbons (Fsp3) is 0.167. The van der Waals surface area contributed by atoms with E-state index in [1.807, 2.05) is 0 Å². The monoisotopic (exact) mass is 243 g/mol. The summed E-state index contributed by atoms with van der Waals surface area (Å²) in [5, 5.41) is 8.75. The molecule has 0 fully saturated rings. The number of rotatable bonds is 2. The van der Waals surface area contributed by atoms with Crippen LogP contribution in [0.25, 0.3) is 5.65 Å². The number of fused-ring (bicyclic) bond motifs is 1. The van der Waals surface area contributed by atoms with Crippen LogP contribution in [0.15, 0.2) is 29.3 Å². The van der Waals surface area contributed by atoms with Gasteiger partial charge in [-0.05, 0) is 19.1 Å². The summed E-state index contributed by atoms with van der Waals surface area (Å²) in [6.45, 7) is 1.93. The van der Waals surface area contributed by atoms with Crippen LogP contribution in [0.4, 0.5) is 0 Å².